The molecule has 1 unspecified atom stereocenters. The molecule has 0 aliphatic carbocycles. The summed E-state index contributed by atoms with van der Waals surface area (Å²) in [6.45, 7) is 7.23. The summed E-state index contributed by atoms with van der Waals surface area (Å²) in [5.41, 5.74) is 0.0628. The van der Waals surface area contributed by atoms with Crippen LogP contribution in [0.3, 0.4) is 0 Å². The normalized spacial score (nSPS) is 19.6. The van der Waals surface area contributed by atoms with Crippen molar-refractivity contribution in [1.82, 2.24) is 14.5 Å². The van der Waals surface area contributed by atoms with E-state index in [1.54, 1.807) is 24.3 Å². The molecule has 0 N–H and O–H groups in total. The molecular weight excluding hydrogens is 418 g/mol. The molecule has 1 fully saturated rings. The number of rotatable bonds is 4. The number of nitrogens with zero attached hydrogens (tertiary/aromatic N) is 3. The second-order valence-corrected chi connectivity index (χ2v) is 10.8. The van der Waals surface area contributed by atoms with Gasteiger partial charge in [0.15, 0.2) is 0 Å². The van der Waals surface area contributed by atoms with Crippen molar-refractivity contribution in [3.63, 3.8) is 0 Å². The number of hydrogen-bond donors (Lipinski definition) is 0. The van der Waals surface area contributed by atoms with Crippen molar-refractivity contribution in [2.24, 2.45) is 5.41 Å². The molecule has 1 aromatic heterocycles. The van der Waals surface area contributed by atoms with Gasteiger partial charge in [-0.3, -0.25) is 0 Å². The van der Waals surface area contributed by atoms with Crippen LogP contribution in [0.1, 0.15) is 51.3 Å². The summed E-state index contributed by atoms with van der Waals surface area (Å²) in [7, 11) is -3.52. The summed E-state index contributed by atoms with van der Waals surface area (Å²) in [6, 6.07) is 6.73. The fourth-order valence-electron chi connectivity index (χ4n) is 3.07. The molecule has 2 aromatic rings. The van der Waals surface area contributed by atoms with Gasteiger partial charge in [0.1, 0.15) is 0 Å². The Labute approximate surface area is 163 Å². The second-order valence-electron chi connectivity index (χ2n) is 7.93. The topological polar surface area (TPSA) is 76.3 Å². The third-order valence-electron chi connectivity index (χ3n) is 4.35. The fraction of sp³-hybridized carbons (Fsp3) is 0.556. The monoisotopic (exact) mass is 441 g/mol. The first-order valence-electron chi connectivity index (χ1n) is 8.73. The average molecular weight is 442 g/mol. The molecule has 0 saturated carbocycles. The number of hydrogen-bond acceptors (Lipinski definition) is 5. The summed E-state index contributed by atoms with van der Waals surface area (Å²) in [6.07, 6.45) is 2.33. The first-order valence-corrected chi connectivity index (χ1v) is 11.0. The minimum atomic E-state index is -3.52. The summed E-state index contributed by atoms with van der Waals surface area (Å²) in [5, 5.41) is 8.32. The first-order chi connectivity index (χ1) is 12.1. The number of benzene rings is 1. The number of piperidine rings is 1. The maximum absolute atomic E-state index is 12.9. The lowest BCUT2D eigenvalue weighted by Crippen LogP contribution is -2.39. The Hall–Kier alpha value is -1.25. The third kappa shape index (κ3) is 4.53. The van der Waals surface area contributed by atoms with Gasteiger partial charge in [0.05, 0.1) is 10.8 Å². The van der Waals surface area contributed by atoms with Gasteiger partial charge in [-0.25, -0.2) is 8.42 Å². The molecule has 3 rings (SSSR count). The van der Waals surface area contributed by atoms with Crippen LogP contribution in [0, 0.1) is 5.41 Å². The lowest BCUT2D eigenvalue weighted by Gasteiger charge is -2.30. The van der Waals surface area contributed by atoms with Gasteiger partial charge in [0.25, 0.3) is 0 Å². The fourth-order valence-corrected chi connectivity index (χ4v) is 4.86. The van der Waals surface area contributed by atoms with E-state index in [9.17, 15) is 8.42 Å². The van der Waals surface area contributed by atoms with Crippen molar-refractivity contribution in [2.75, 3.05) is 13.1 Å². The quantitative estimate of drug-likeness (QED) is 0.716. The van der Waals surface area contributed by atoms with Gasteiger partial charge in [0.2, 0.25) is 21.8 Å². The molecule has 1 atom stereocenters. The van der Waals surface area contributed by atoms with E-state index in [0.29, 0.717) is 36.2 Å². The highest BCUT2D eigenvalue weighted by molar-refractivity contribution is 9.10. The highest BCUT2D eigenvalue weighted by Gasteiger charge is 2.33. The molecule has 1 aliphatic rings. The Balaban J connectivity index is 1.76. The van der Waals surface area contributed by atoms with Crippen LogP contribution in [0.5, 0.6) is 0 Å². The summed E-state index contributed by atoms with van der Waals surface area (Å²) in [5.74, 6) is 1.09. The van der Waals surface area contributed by atoms with Crippen LogP contribution in [0.25, 0.3) is 0 Å². The van der Waals surface area contributed by atoms with Gasteiger partial charge in [-0.05, 0) is 42.5 Å². The largest absolute Gasteiger partial charge is 0.425 e. The van der Waals surface area contributed by atoms with Gasteiger partial charge in [0, 0.05) is 24.0 Å². The highest BCUT2D eigenvalue weighted by Crippen LogP contribution is 2.31. The van der Waals surface area contributed by atoms with Crippen molar-refractivity contribution in [3.8, 4) is 0 Å². The third-order valence-corrected chi connectivity index (χ3v) is 6.76. The average Bonchev–Trinajstić information content (AvgIpc) is 3.02. The SMILES string of the molecule is CC(C)(C)Cc1nnc(C2CCCN(S(=O)(=O)c3ccc(Br)cc3)C2)o1. The van der Waals surface area contributed by atoms with Crippen LogP contribution in [0.4, 0.5) is 0 Å². The maximum atomic E-state index is 12.9. The molecule has 0 amide bonds. The van der Waals surface area contributed by atoms with Gasteiger partial charge in [-0.2, -0.15) is 4.31 Å². The zero-order chi connectivity index (χ0) is 18.9. The molecule has 1 aliphatic heterocycles. The van der Waals surface area contributed by atoms with Crippen molar-refractivity contribution in [2.45, 2.75) is 50.8 Å². The smallest absolute Gasteiger partial charge is 0.243 e. The Kier molecular flexibility index (Phi) is 5.55. The highest BCUT2D eigenvalue weighted by atomic mass is 79.9. The molecule has 1 saturated heterocycles. The van der Waals surface area contributed by atoms with Crippen LogP contribution >= 0.6 is 15.9 Å². The van der Waals surface area contributed by atoms with E-state index < -0.39 is 10.0 Å². The first kappa shape index (κ1) is 19.5. The van der Waals surface area contributed by atoms with Crippen LogP contribution in [0.2, 0.25) is 0 Å². The van der Waals surface area contributed by atoms with Gasteiger partial charge in [-0.1, -0.05) is 36.7 Å². The van der Waals surface area contributed by atoms with Gasteiger partial charge >= 0.3 is 0 Å². The van der Waals surface area contributed by atoms with Crippen LogP contribution in [-0.2, 0) is 16.4 Å². The Morgan fingerprint density at radius 1 is 1.23 bits per heavy atom. The molecule has 0 spiro atoms. The number of halogens is 1. The van der Waals surface area contributed by atoms with E-state index in [-0.39, 0.29) is 11.3 Å². The minimum absolute atomic E-state index is 0.0600. The molecule has 142 valence electrons. The Morgan fingerprint density at radius 2 is 1.92 bits per heavy atom. The predicted octanol–water partition coefficient (Wildman–Crippen LogP) is 3.99. The Bertz CT molecular complexity index is 857. The molecule has 26 heavy (non-hydrogen) atoms. The lowest BCUT2D eigenvalue weighted by atomic mass is 9.92. The summed E-state index contributed by atoms with van der Waals surface area (Å²) in [4.78, 5) is 0.306. The van der Waals surface area contributed by atoms with Crippen molar-refractivity contribution < 1.29 is 12.8 Å². The van der Waals surface area contributed by atoms with E-state index >= 15 is 0 Å². The molecule has 8 heteroatoms. The van der Waals surface area contributed by atoms with Crippen LogP contribution in [0.15, 0.2) is 38.1 Å². The van der Waals surface area contributed by atoms with E-state index in [4.69, 9.17) is 4.42 Å². The lowest BCUT2D eigenvalue weighted by molar-refractivity contribution is 0.274. The van der Waals surface area contributed by atoms with E-state index in [1.165, 1.54) is 4.31 Å². The standard InChI is InChI=1S/C18H24BrN3O3S/c1-18(2,3)11-16-20-21-17(25-16)13-5-4-10-22(12-13)26(23,24)15-8-6-14(19)7-9-15/h6-9,13H,4-5,10-12H2,1-3H3. The molecule has 1 aromatic carbocycles. The molecular formula is C18H24BrN3O3S. The molecule has 6 nitrogen and oxygen atoms in total. The second kappa shape index (κ2) is 7.40. The number of sulfonamides is 1. The van der Waals surface area contributed by atoms with Gasteiger partial charge in [-0.15, -0.1) is 10.2 Å². The Morgan fingerprint density at radius 3 is 2.58 bits per heavy atom. The van der Waals surface area contributed by atoms with Crippen LogP contribution < -0.4 is 0 Å². The van der Waals surface area contributed by atoms with E-state index in [0.717, 1.165) is 17.3 Å². The molecule has 2 heterocycles. The maximum Gasteiger partial charge on any atom is 0.243 e. The van der Waals surface area contributed by atoms with Crippen LogP contribution in [-0.4, -0.2) is 36.0 Å². The zero-order valence-electron chi connectivity index (χ0n) is 15.3. The van der Waals surface area contributed by atoms with E-state index in [2.05, 4.69) is 46.9 Å². The predicted molar refractivity (Wildman–Crippen MR) is 102 cm³/mol. The van der Waals surface area contributed by atoms with Crippen molar-refractivity contribution >= 4 is 26.0 Å². The zero-order valence-corrected chi connectivity index (χ0v) is 17.7. The summed E-state index contributed by atoms with van der Waals surface area (Å²) < 4.78 is 34.0. The van der Waals surface area contributed by atoms with E-state index in [1.807, 2.05) is 0 Å². The minimum Gasteiger partial charge on any atom is -0.425 e. The molecule has 0 radical (unpaired) electrons. The van der Waals surface area contributed by atoms with Gasteiger partial charge < -0.3 is 4.42 Å². The van der Waals surface area contributed by atoms with Crippen molar-refractivity contribution in [3.05, 3.63) is 40.5 Å². The molecule has 0 bridgehead atoms. The number of aromatic nitrogens is 2. The summed E-state index contributed by atoms with van der Waals surface area (Å²) >= 11 is 3.34. The van der Waals surface area contributed by atoms with Crippen molar-refractivity contribution in [1.29, 1.82) is 0 Å².